The van der Waals surface area contributed by atoms with E-state index in [1.165, 1.54) is 6.07 Å². The Bertz CT molecular complexity index is 479. The molecule has 1 atom stereocenters. The predicted molar refractivity (Wildman–Crippen MR) is 66.5 cm³/mol. The highest BCUT2D eigenvalue weighted by molar-refractivity contribution is 5.94. The van der Waals surface area contributed by atoms with Gasteiger partial charge in [-0.3, -0.25) is 14.9 Å². The van der Waals surface area contributed by atoms with Crippen molar-refractivity contribution in [2.45, 2.75) is 20.0 Å². The monoisotopic (exact) mass is 270 g/mol. The summed E-state index contributed by atoms with van der Waals surface area (Å²) in [7, 11) is 0. The van der Waals surface area contributed by atoms with Crippen LogP contribution in [-0.2, 0) is 4.74 Å². The van der Waals surface area contributed by atoms with Gasteiger partial charge in [0.25, 0.3) is 5.91 Å². The van der Waals surface area contributed by atoms with Crippen LogP contribution in [0.3, 0.4) is 0 Å². The first-order valence-corrected chi connectivity index (χ1v) is 5.79. The van der Waals surface area contributed by atoms with Crippen molar-refractivity contribution < 1.29 is 18.8 Å². The molecule has 0 bridgehead atoms. The number of carbonyl (C=O) groups excluding carboxylic acids is 1. The fourth-order valence-electron chi connectivity index (χ4n) is 1.48. The largest absolute Gasteiger partial charge is 0.377 e. The summed E-state index contributed by atoms with van der Waals surface area (Å²) in [5.74, 6) is -1.47. The number of rotatable bonds is 6. The summed E-state index contributed by atoms with van der Waals surface area (Å²) in [4.78, 5) is 21.4. The molecule has 0 fully saturated rings. The van der Waals surface area contributed by atoms with Crippen LogP contribution in [0.5, 0.6) is 0 Å². The Balaban J connectivity index is 2.72. The minimum Gasteiger partial charge on any atom is -0.377 e. The molecule has 0 saturated carbocycles. The van der Waals surface area contributed by atoms with Crippen LogP contribution in [0.4, 0.5) is 10.1 Å². The molecule has 1 N–H and O–H groups in total. The Kier molecular flexibility index (Phi) is 5.37. The standard InChI is InChI=1S/C12H15FN2O4/c1-3-19-8(2)7-14-12(16)9-4-5-10(13)11(6-9)15(17)18/h4-6,8H,3,7H2,1-2H3,(H,14,16). The molecule has 1 aromatic rings. The van der Waals surface area contributed by atoms with E-state index >= 15 is 0 Å². The second-order valence-corrected chi connectivity index (χ2v) is 3.90. The van der Waals surface area contributed by atoms with Crippen molar-refractivity contribution in [1.82, 2.24) is 5.32 Å². The van der Waals surface area contributed by atoms with E-state index in [9.17, 15) is 19.3 Å². The Morgan fingerprint density at radius 1 is 1.58 bits per heavy atom. The van der Waals surface area contributed by atoms with Gasteiger partial charge in [0.1, 0.15) is 0 Å². The molecule has 0 aliphatic rings. The van der Waals surface area contributed by atoms with Gasteiger partial charge < -0.3 is 10.1 Å². The van der Waals surface area contributed by atoms with Crippen LogP contribution < -0.4 is 5.32 Å². The van der Waals surface area contributed by atoms with E-state index in [0.29, 0.717) is 6.61 Å². The summed E-state index contributed by atoms with van der Waals surface area (Å²) in [5, 5.41) is 13.1. The molecule has 6 nitrogen and oxygen atoms in total. The zero-order valence-electron chi connectivity index (χ0n) is 10.7. The number of nitrogens with zero attached hydrogens (tertiary/aromatic N) is 1. The van der Waals surface area contributed by atoms with Gasteiger partial charge >= 0.3 is 5.69 Å². The van der Waals surface area contributed by atoms with Crippen molar-refractivity contribution in [3.05, 3.63) is 39.7 Å². The van der Waals surface area contributed by atoms with Crippen LogP contribution in [0.15, 0.2) is 18.2 Å². The second-order valence-electron chi connectivity index (χ2n) is 3.90. The second kappa shape index (κ2) is 6.79. The number of nitrogens with one attached hydrogen (secondary N) is 1. The molecule has 0 aliphatic heterocycles. The number of benzene rings is 1. The maximum Gasteiger partial charge on any atom is 0.305 e. The number of ether oxygens (including phenoxy) is 1. The third-order valence-electron chi connectivity index (χ3n) is 2.41. The summed E-state index contributed by atoms with van der Waals surface area (Å²) in [5.41, 5.74) is -0.678. The summed E-state index contributed by atoms with van der Waals surface area (Å²) >= 11 is 0. The van der Waals surface area contributed by atoms with Crippen molar-refractivity contribution in [1.29, 1.82) is 0 Å². The molecule has 7 heteroatoms. The van der Waals surface area contributed by atoms with E-state index in [0.717, 1.165) is 12.1 Å². The molecule has 0 aliphatic carbocycles. The topological polar surface area (TPSA) is 81.5 Å². The van der Waals surface area contributed by atoms with E-state index in [4.69, 9.17) is 4.74 Å². The fourth-order valence-corrected chi connectivity index (χ4v) is 1.48. The first-order chi connectivity index (χ1) is 8.95. The van der Waals surface area contributed by atoms with Crippen LogP contribution in [-0.4, -0.2) is 30.1 Å². The highest BCUT2D eigenvalue weighted by atomic mass is 19.1. The molecule has 19 heavy (non-hydrogen) atoms. The summed E-state index contributed by atoms with van der Waals surface area (Å²) in [6.07, 6.45) is -0.163. The number of amides is 1. The average Bonchev–Trinajstić information content (AvgIpc) is 2.36. The fraction of sp³-hybridized carbons (Fsp3) is 0.417. The van der Waals surface area contributed by atoms with Gasteiger partial charge in [0.15, 0.2) is 0 Å². The van der Waals surface area contributed by atoms with Crippen molar-refractivity contribution >= 4 is 11.6 Å². The zero-order valence-corrected chi connectivity index (χ0v) is 10.7. The van der Waals surface area contributed by atoms with E-state index < -0.39 is 22.3 Å². The number of nitro benzene ring substituents is 1. The average molecular weight is 270 g/mol. The zero-order chi connectivity index (χ0) is 14.4. The lowest BCUT2D eigenvalue weighted by Crippen LogP contribution is -2.32. The van der Waals surface area contributed by atoms with Crippen LogP contribution in [0.1, 0.15) is 24.2 Å². The highest BCUT2D eigenvalue weighted by Gasteiger charge is 2.17. The number of hydrogen-bond acceptors (Lipinski definition) is 4. The number of hydrogen-bond donors (Lipinski definition) is 1. The molecule has 0 aromatic heterocycles. The molecule has 0 heterocycles. The smallest absolute Gasteiger partial charge is 0.305 e. The minimum atomic E-state index is -0.968. The minimum absolute atomic E-state index is 0.0387. The third-order valence-corrected chi connectivity index (χ3v) is 2.41. The van der Waals surface area contributed by atoms with Crippen LogP contribution in [0.2, 0.25) is 0 Å². The van der Waals surface area contributed by atoms with Crippen molar-refractivity contribution in [3.63, 3.8) is 0 Å². The van der Waals surface area contributed by atoms with Gasteiger partial charge in [-0.2, -0.15) is 4.39 Å². The van der Waals surface area contributed by atoms with Gasteiger partial charge in [-0.25, -0.2) is 0 Å². The molecular formula is C12H15FN2O4. The van der Waals surface area contributed by atoms with Crippen molar-refractivity contribution in [2.24, 2.45) is 0 Å². The van der Waals surface area contributed by atoms with Crippen molar-refractivity contribution in [2.75, 3.05) is 13.2 Å². The van der Waals surface area contributed by atoms with Gasteiger partial charge in [0.05, 0.1) is 11.0 Å². The lowest BCUT2D eigenvalue weighted by Gasteiger charge is -2.12. The molecule has 1 aromatic carbocycles. The Labute approximate surface area is 109 Å². The van der Waals surface area contributed by atoms with E-state index in [2.05, 4.69) is 5.32 Å². The highest BCUT2D eigenvalue weighted by Crippen LogP contribution is 2.18. The van der Waals surface area contributed by atoms with Crippen molar-refractivity contribution in [3.8, 4) is 0 Å². The van der Waals surface area contributed by atoms with Gasteiger partial charge in [0.2, 0.25) is 5.82 Å². The van der Waals surface area contributed by atoms with Crippen LogP contribution in [0, 0.1) is 15.9 Å². The third kappa shape index (κ3) is 4.29. The van der Waals surface area contributed by atoms with Crippen LogP contribution in [0.25, 0.3) is 0 Å². The van der Waals surface area contributed by atoms with Crippen LogP contribution >= 0.6 is 0 Å². The molecule has 1 rings (SSSR count). The van der Waals surface area contributed by atoms with E-state index in [-0.39, 0.29) is 18.2 Å². The molecule has 104 valence electrons. The maximum absolute atomic E-state index is 13.1. The summed E-state index contributed by atoms with van der Waals surface area (Å²) in [6.45, 7) is 4.43. The van der Waals surface area contributed by atoms with Gasteiger partial charge in [-0.1, -0.05) is 0 Å². The molecular weight excluding hydrogens is 255 g/mol. The number of nitro groups is 1. The molecule has 0 radical (unpaired) electrons. The van der Waals surface area contributed by atoms with E-state index in [1.54, 1.807) is 6.92 Å². The van der Waals surface area contributed by atoms with Gasteiger partial charge in [0, 0.05) is 24.8 Å². The van der Waals surface area contributed by atoms with Gasteiger partial charge in [-0.15, -0.1) is 0 Å². The normalized spacial score (nSPS) is 11.9. The molecule has 1 unspecified atom stereocenters. The van der Waals surface area contributed by atoms with Gasteiger partial charge in [-0.05, 0) is 26.0 Å². The first-order valence-electron chi connectivity index (χ1n) is 5.79. The molecule has 0 saturated heterocycles. The number of halogens is 1. The molecule has 1 amide bonds. The first kappa shape index (κ1) is 15.0. The summed E-state index contributed by atoms with van der Waals surface area (Å²) in [6, 6.07) is 3.01. The summed E-state index contributed by atoms with van der Waals surface area (Å²) < 4.78 is 18.3. The predicted octanol–water partition coefficient (Wildman–Crippen LogP) is 1.89. The maximum atomic E-state index is 13.1. The Morgan fingerprint density at radius 3 is 2.84 bits per heavy atom. The SMILES string of the molecule is CCOC(C)CNC(=O)c1ccc(F)c([N+](=O)[O-])c1. The number of carbonyl (C=O) groups is 1. The Hall–Kier alpha value is -2.02. The van der Waals surface area contributed by atoms with E-state index in [1.807, 2.05) is 6.92 Å². The Morgan fingerprint density at radius 2 is 2.26 bits per heavy atom. The molecule has 0 spiro atoms. The lowest BCUT2D eigenvalue weighted by atomic mass is 10.2. The quantitative estimate of drug-likeness (QED) is 0.632. The lowest BCUT2D eigenvalue weighted by molar-refractivity contribution is -0.387.